The van der Waals surface area contributed by atoms with E-state index in [0.29, 0.717) is 13.2 Å². The molecule has 2 aromatic rings. The van der Waals surface area contributed by atoms with Crippen LogP contribution in [0.3, 0.4) is 0 Å². The first-order valence-electron chi connectivity index (χ1n) is 7.71. The van der Waals surface area contributed by atoms with Crippen molar-refractivity contribution in [1.29, 1.82) is 0 Å². The van der Waals surface area contributed by atoms with Gasteiger partial charge in [0.2, 0.25) is 0 Å². The molecule has 2 N–H and O–H groups in total. The molecule has 0 spiro atoms. The Kier molecular flexibility index (Phi) is 3.98. The zero-order chi connectivity index (χ0) is 14.8. The van der Waals surface area contributed by atoms with Gasteiger partial charge in [0.1, 0.15) is 12.4 Å². The zero-order valence-electron chi connectivity index (χ0n) is 12.9. The summed E-state index contributed by atoms with van der Waals surface area (Å²) in [5, 5.41) is 0. The fourth-order valence-electron chi connectivity index (χ4n) is 3.26. The van der Waals surface area contributed by atoms with Crippen molar-refractivity contribution in [2.75, 3.05) is 0 Å². The molecule has 0 atom stereocenters. The third kappa shape index (κ3) is 2.96. The minimum Gasteiger partial charge on any atom is -0.488 e. The lowest BCUT2D eigenvalue weighted by Gasteiger charge is -2.14. The molecule has 0 unspecified atom stereocenters. The monoisotopic (exact) mass is 281 g/mol. The third-order valence-electron chi connectivity index (χ3n) is 4.30. The first-order valence-corrected chi connectivity index (χ1v) is 7.71. The van der Waals surface area contributed by atoms with Gasteiger partial charge in [-0.3, -0.25) is 0 Å². The Labute approximate surface area is 126 Å². The van der Waals surface area contributed by atoms with Crippen LogP contribution < -0.4 is 10.5 Å². The summed E-state index contributed by atoms with van der Waals surface area (Å²) in [5.74, 6) is 0.993. The number of ether oxygens (including phenoxy) is 1. The number of benzene rings is 2. The highest BCUT2D eigenvalue weighted by molar-refractivity contribution is 5.43. The highest BCUT2D eigenvalue weighted by atomic mass is 16.5. The van der Waals surface area contributed by atoms with Crippen LogP contribution in [-0.2, 0) is 26.0 Å². The molecule has 0 heterocycles. The lowest BCUT2D eigenvalue weighted by molar-refractivity contribution is 0.302. The van der Waals surface area contributed by atoms with Crippen molar-refractivity contribution in [2.24, 2.45) is 5.73 Å². The van der Waals surface area contributed by atoms with Crippen molar-refractivity contribution < 1.29 is 4.74 Å². The van der Waals surface area contributed by atoms with Crippen molar-refractivity contribution in [3.63, 3.8) is 0 Å². The largest absolute Gasteiger partial charge is 0.488 e. The van der Waals surface area contributed by atoms with Gasteiger partial charge in [0.05, 0.1) is 0 Å². The molecule has 3 rings (SSSR count). The molecule has 0 saturated heterocycles. The maximum Gasteiger partial charge on any atom is 0.125 e. The fourth-order valence-corrected chi connectivity index (χ4v) is 3.26. The molecule has 2 heteroatoms. The molecular formula is C19H23NO. The van der Waals surface area contributed by atoms with Crippen LogP contribution in [0.2, 0.25) is 0 Å². The number of nitrogens with two attached hydrogens (primary N) is 1. The van der Waals surface area contributed by atoms with E-state index in [1.165, 1.54) is 36.0 Å². The summed E-state index contributed by atoms with van der Waals surface area (Å²) in [5.41, 5.74) is 13.5. The number of hydrogen-bond acceptors (Lipinski definition) is 2. The molecule has 0 aromatic heterocycles. The molecule has 0 radical (unpaired) electrons. The Morgan fingerprint density at radius 3 is 2.38 bits per heavy atom. The Morgan fingerprint density at radius 1 is 0.952 bits per heavy atom. The summed E-state index contributed by atoms with van der Waals surface area (Å²) in [4.78, 5) is 0. The minimum absolute atomic E-state index is 0.576. The number of fused-ring (bicyclic) bond motifs is 1. The fraction of sp³-hybridized carbons (Fsp3) is 0.368. The molecule has 0 saturated carbocycles. The molecule has 1 aliphatic rings. The number of aryl methyl sites for hydroxylation is 4. The Balaban J connectivity index is 1.76. The van der Waals surface area contributed by atoms with Crippen LogP contribution in [0.25, 0.3) is 0 Å². The smallest absolute Gasteiger partial charge is 0.125 e. The Bertz CT molecular complexity index is 638. The molecule has 2 nitrogen and oxygen atoms in total. The second-order valence-electron chi connectivity index (χ2n) is 6.01. The predicted octanol–water partition coefficient (Wildman–Crippen LogP) is 3.83. The summed E-state index contributed by atoms with van der Waals surface area (Å²) in [7, 11) is 0. The van der Waals surface area contributed by atoms with E-state index in [1.807, 2.05) is 0 Å². The van der Waals surface area contributed by atoms with Gasteiger partial charge in [0, 0.05) is 6.54 Å². The lowest BCUT2D eigenvalue weighted by atomic mass is 10.1. The molecule has 110 valence electrons. The van der Waals surface area contributed by atoms with Crippen molar-refractivity contribution >= 4 is 0 Å². The highest BCUT2D eigenvalue weighted by Crippen LogP contribution is 2.27. The van der Waals surface area contributed by atoms with Gasteiger partial charge in [-0.2, -0.15) is 0 Å². The van der Waals surface area contributed by atoms with Gasteiger partial charge in [0.25, 0.3) is 0 Å². The number of rotatable bonds is 4. The second kappa shape index (κ2) is 5.90. The van der Waals surface area contributed by atoms with E-state index in [4.69, 9.17) is 10.5 Å². The summed E-state index contributed by atoms with van der Waals surface area (Å²) >= 11 is 0. The molecule has 0 bridgehead atoms. The molecule has 2 aromatic carbocycles. The predicted molar refractivity (Wildman–Crippen MR) is 86.6 cm³/mol. The van der Waals surface area contributed by atoms with E-state index >= 15 is 0 Å². The molecular weight excluding hydrogens is 258 g/mol. The van der Waals surface area contributed by atoms with Crippen LogP contribution >= 0.6 is 0 Å². The van der Waals surface area contributed by atoms with Gasteiger partial charge < -0.3 is 10.5 Å². The molecule has 0 aliphatic heterocycles. The standard InChI is InChI=1S/C19H23NO/c1-13-8-16(11-20)9-14(2)19(13)21-12-15-6-7-17-4-3-5-18(17)10-15/h6-10H,3-5,11-12,20H2,1-2H3. The average molecular weight is 281 g/mol. The van der Waals surface area contributed by atoms with Crippen molar-refractivity contribution in [3.8, 4) is 5.75 Å². The third-order valence-corrected chi connectivity index (χ3v) is 4.30. The highest BCUT2D eigenvalue weighted by Gasteiger charge is 2.11. The minimum atomic E-state index is 0.576. The van der Waals surface area contributed by atoms with E-state index < -0.39 is 0 Å². The van der Waals surface area contributed by atoms with E-state index in [2.05, 4.69) is 44.2 Å². The summed E-state index contributed by atoms with van der Waals surface area (Å²) in [6.45, 7) is 5.39. The van der Waals surface area contributed by atoms with Crippen LogP contribution in [0.4, 0.5) is 0 Å². The quantitative estimate of drug-likeness (QED) is 0.924. The summed E-state index contributed by atoms with van der Waals surface area (Å²) in [6, 6.07) is 11.0. The van der Waals surface area contributed by atoms with Crippen molar-refractivity contribution in [2.45, 2.75) is 46.3 Å². The van der Waals surface area contributed by atoms with E-state index in [-0.39, 0.29) is 0 Å². The van der Waals surface area contributed by atoms with E-state index in [0.717, 1.165) is 22.4 Å². The van der Waals surface area contributed by atoms with Gasteiger partial charge in [-0.25, -0.2) is 0 Å². The van der Waals surface area contributed by atoms with Gasteiger partial charge in [-0.05, 0) is 66.5 Å². The van der Waals surface area contributed by atoms with Crippen LogP contribution in [0, 0.1) is 13.8 Å². The van der Waals surface area contributed by atoms with Crippen molar-refractivity contribution in [1.82, 2.24) is 0 Å². The normalized spacial score (nSPS) is 13.3. The maximum atomic E-state index is 6.07. The Hall–Kier alpha value is -1.80. The lowest BCUT2D eigenvalue weighted by Crippen LogP contribution is -2.03. The number of hydrogen-bond donors (Lipinski definition) is 1. The SMILES string of the molecule is Cc1cc(CN)cc(C)c1OCc1ccc2c(c1)CCC2. The van der Waals surface area contributed by atoms with E-state index in [1.54, 1.807) is 0 Å². The van der Waals surface area contributed by atoms with Crippen LogP contribution in [0.1, 0.15) is 39.8 Å². The molecule has 0 amide bonds. The van der Waals surface area contributed by atoms with Crippen LogP contribution in [0.15, 0.2) is 30.3 Å². The van der Waals surface area contributed by atoms with Crippen LogP contribution in [-0.4, -0.2) is 0 Å². The van der Waals surface area contributed by atoms with Crippen molar-refractivity contribution in [3.05, 3.63) is 63.7 Å². The summed E-state index contributed by atoms with van der Waals surface area (Å²) in [6.07, 6.45) is 3.74. The maximum absolute atomic E-state index is 6.07. The van der Waals surface area contributed by atoms with Gasteiger partial charge in [0.15, 0.2) is 0 Å². The Morgan fingerprint density at radius 2 is 1.67 bits per heavy atom. The zero-order valence-corrected chi connectivity index (χ0v) is 12.9. The topological polar surface area (TPSA) is 35.2 Å². The van der Waals surface area contributed by atoms with Crippen LogP contribution in [0.5, 0.6) is 5.75 Å². The summed E-state index contributed by atoms with van der Waals surface area (Å²) < 4.78 is 6.07. The first kappa shape index (κ1) is 14.2. The average Bonchev–Trinajstić information content (AvgIpc) is 2.93. The molecule has 1 aliphatic carbocycles. The second-order valence-corrected chi connectivity index (χ2v) is 6.01. The van der Waals surface area contributed by atoms with Gasteiger partial charge in [-0.15, -0.1) is 0 Å². The van der Waals surface area contributed by atoms with E-state index in [9.17, 15) is 0 Å². The first-order chi connectivity index (χ1) is 10.2. The molecule has 21 heavy (non-hydrogen) atoms. The molecule has 0 fully saturated rings. The van der Waals surface area contributed by atoms with Gasteiger partial charge in [-0.1, -0.05) is 30.3 Å². The van der Waals surface area contributed by atoms with Gasteiger partial charge >= 0.3 is 0 Å².